The van der Waals surface area contributed by atoms with Gasteiger partial charge < -0.3 is 9.47 Å². The Balaban J connectivity index is 2.72. The van der Waals surface area contributed by atoms with E-state index in [1.807, 2.05) is 34.6 Å². The first kappa shape index (κ1) is 14.5. The highest BCUT2D eigenvalue weighted by Crippen LogP contribution is 2.28. The number of rotatable bonds is 3. The summed E-state index contributed by atoms with van der Waals surface area (Å²) in [5.41, 5.74) is 0. The number of hydrogen-bond donors (Lipinski definition) is 0. The summed E-state index contributed by atoms with van der Waals surface area (Å²) in [6.45, 7) is 13.0. The largest absolute Gasteiger partial charge is 0.340 e. The van der Waals surface area contributed by atoms with Crippen molar-refractivity contribution >= 4 is 17.2 Å². The molecule has 98 valence electrons. The summed E-state index contributed by atoms with van der Waals surface area (Å²) in [7, 11) is -1.28. The molecule has 0 radical (unpaired) electrons. The molecular formula is C12H21NO3S. The highest BCUT2D eigenvalue weighted by atomic mass is 32.2. The summed E-state index contributed by atoms with van der Waals surface area (Å²) in [6.07, 6.45) is 2.66. The van der Waals surface area contributed by atoms with Gasteiger partial charge in [-0.2, -0.15) is 4.40 Å². The van der Waals surface area contributed by atoms with Crippen LogP contribution in [0.25, 0.3) is 0 Å². The topological polar surface area (TPSA) is 47.9 Å². The van der Waals surface area contributed by atoms with Crippen molar-refractivity contribution in [1.29, 1.82) is 0 Å². The van der Waals surface area contributed by atoms with Crippen LogP contribution in [0.1, 0.15) is 34.6 Å². The first-order chi connectivity index (χ1) is 7.65. The molecule has 0 aromatic heterocycles. The van der Waals surface area contributed by atoms with E-state index < -0.39 is 16.8 Å². The first-order valence-corrected chi connectivity index (χ1v) is 6.71. The van der Waals surface area contributed by atoms with E-state index in [4.69, 9.17) is 9.47 Å². The lowest BCUT2D eigenvalue weighted by atomic mass is 10.2. The zero-order valence-electron chi connectivity index (χ0n) is 11.1. The monoisotopic (exact) mass is 259 g/mol. The smallest absolute Gasteiger partial charge is 0.164 e. The Morgan fingerprint density at radius 2 is 1.82 bits per heavy atom. The maximum absolute atomic E-state index is 11.8. The van der Waals surface area contributed by atoms with E-state index in [-0.39, 0.29) is 17.0 Å². The second-order valence-corrected chi connectivity index (χ2v) is 7.35. The fourth-order valence-electron chi connectivity index (χ4n) is 1.39. The Bertz CT molecular complexity index is 344. The van der Waals surface area contributed by atoms with Gasteiger partial charge in [-0.25, -0.2) is 4.21 Å². The normalized spacial score (nSPS) is 30.6. The van der Waals surface area contributed by atoms with Crippen LogP contribution in [-0.2, 0) is 20.5 Å². The SMILES string of the molecule is C=C[C@H]1OC(C)(C)O[C@H]1/C=N/[S@@](=O)C(C)(C)C. The van der Waals surface area contributed by atoms with E-state index in [0.717, 1.165) is 0 Å². The molecule has 1 heterocycles. The van der Waals surface area contributed by atoms with Gasteiger partial charge in [0.15, 0.2) is 5.79 Å². The second-order valence-electron chi connectivity index (χ2n) is 5.42. The lowest BCUT2D eigenvalue weighted by molar-refractivity contribution is -0.137. The summed E-state index contributed by atoms with van der Waals surface area (Å²) in [6, 6.07) is 0. The summed E-state index contributed by atoms with van der Waals surface area (Å²) < 4.78 is 26.7. The maximum atomic E-state index is 11.8. The van der Waals surface area contributed by atoms with E-state index in [0.29, 0.717) is 0 Å². The molecule has 0 aliphatic carbocycles. The van der Waals surface area contributed by atoms with Crippen molar-refractivity contribution in [2.24, 2.45) is 4.40 Å². The lowest BCUT2D eigenvalue weighted by Gasteiger charge is -2.16. The molecule has 1 aliphatic heterocycles. The average molecular weight is 259 g/mol. The second kappa shape index (κ2) is 5.00. The van der Waals surface area contributed by atoms with Gasteiger partial charge in [-0.1, -0.05) is 6.08 Å². The molecule has 5 heteroatoms. The van der Waals surface area contributed by atoms with Crippen LogP contribution < -0.4 is 0 Å². The van der Waals surface area contributed by atoms with Gasteiger partial charge in [0.05, 0.1) is 4.75 Å². The van der Waals surface area contributed by atoms with Gasteiger partial charge in [-0.15, -0.1) is 6.58 Å². The van der Waals surface area contributed by atoms with Crippen molar-refractivity contribution in [2.45, 2.75) is 57.4 Å². The molecular weight excluding hydrogens is 238 g/mol. The third-order valence-electron chi connectivity index (χ3n) is 2.22. The molecule has 0 aromatic carbocycles. The molecule has 0 unspecified atom stereocenters. The summed E-state index contributed by atoms with van der Waals surface area (Å²) in [5.74, 6) is -0.654. The van der Waals surface area contributed by atoms with Crippen LogP contribution in [0.2, 0.25) is 0 Å². The Morgan fingerprint density at radius 1 is 1.29 bits per heavy atom. The predicted molar refractivity (Wildman–Crippen MR) is 70.4 cm³/mol. The van der Waals surface area contributed by atoms with Gasteiger partial charge in [0.2, 0.25) is 0 Å². The third-order valence-corrected chi connectivity index (χ3v) is 3.58. The predicted octanol–water partition coefficient (Wildman–Crippen LogP) is 2.23. The zero-order chi connectivity index (χ0) is 13.3. The van der Waals surface area contributed by atoms with Gasteiger partial charge in [0.25, 0.3) is 0 Å². The van der Waals surface area contributed by atoms with Crippen LogP contribution in [0.3, 0.4) is 0 Å². The van der Waals surface area contributed by atoms with Crippen LogP contribution in [0, 0.1) is 0 Å². The van der Waals surface area contributed by atoms with Gasteiger partial charge in [0.1, 0.15) is 23.2 Å². The molecule has 0 bridgehead atoms. The van der Waals surface area contributed by atoms with Crippen molar-refractivity contribution in [3.05, 3.63) is 12.7 Å². The molecule has 1 aliphatic rings. The van der Waals surface area contributed by atoms with E-state index in [1.165, 1.54) is 0 Å². The fraction of sp³-hybridized carbons (Fsp3) is 0.750. The molecule has 1 fully saturated rings. The van der Waals surface area contributed by atoms with Crippen molar-refractivity contribution < 1.29 is 13.7 Å². The zero-order valence-corrected chi connectivity index (χ0v) is 11.9. The summed E-state index contributed by atoms with van der Waals surface area (Å²) in [5, 5.41) is 0. The van der Waals surface area contributed by atoms with Crippen molar-refractivity contribution in [3.8, 4) is 0 Å². The van der Waals surface area contributed by atoms with Crippen molar-refractivity contribution in [2.75, 3.05) is 0 Å². The quantitative estimate of drug-likeness (QED) is 0.577. The minimum atomic E-state index is -1.28. The first-order valence-electron chi connectivity index (χ1n) is 5.60. The van der Waals surface area contributed by atoms with Crippen LogP contribution >= 0.6 is 0 Å². The average Bonchev–Trinajstić information content (AvgIpc) is 2.48. The van der Waals surface area contributed by atoms with Gasteiger partial charge in [-0.3, -0.25) is 0 Å². The Morgan fingerprint density at radius 3 is 2.29 bits per heavy atom. The number of ether oxygens (including phenoxy) is 2. The summed E-state index contributed by atoms with van der Waals surface area (Å²) in [4.78, 5) is 0. The molecule has 1 rings (SSSR count). The number of nitrogens with zero attached hydrogens (tertiary/aromatic N) is 1. The molecule has 0 N–H and O–H groups in total. The fourth-order valence-corrected chi connectivity index (χ4v) is 1.93. The molecule has 1 saturated heterocycles. The van der Waals surface area contributed by atoms with Gasteiger partial charge in [-0.05, 0) is 34.6 Å². The minimum Gasteiger partial charge on any atom is -0.340 e. The van der Waals surface area contributed by atoms with Crippen LogP contribution in [0.15, 0.2) is 17.1 Å². The molecule has 0 saturated carbocycles. The highest BCUT2D eigenvalue weighted by Gasteiger charge is 2.39. The molecule has 0 amide bonds. The van der Waals surface area contributed by atoms with E-state index in [2.05, 4.69) is 11.0 Å². The highest BCUT2D eigenvalue weighted by molar-refractivity contribution is 7.85. The molecule has 0 spiro atoms. The van der Waals surface area contributed by atoms with Crippen molar-refractivity contribution in [3.63, 3.8) is 0 Å². The minimum absolute atomic E-state index is 0.245. The Hall–Kier alpha value is -0.520. The summed E-state index contributed by atoms with van der Waals surface area (Å²) >= 11 is 0. The van der Waals surface area contributed by atoms with E-state index in [1.54, 1.807) is 12.3 Å². The van der Waals surface area contributed by atoms with Crippen LogP contribution in [0.5, 0.6) is 0 Å². The molecule has 4 nitrogen and oxygen atoms in total. The molecule has 3 atom stereocenters. The van der Waals surface area contributed by atoms with Gasteiger partial charge >= 0.3 is 0 Å². The number of hydrogen-bond acceptors (Lipinski definition) is 3. The lowest BCUT2D eigenvalue weighted by Crippen LogP contribution is -2.25. The molecule has 17 heavy (non-hydrogen) atoms. The van der Waals surface area contributed by atoms with Crippen LogP contribution in [-0.4, -0.2) is 33.2 Å². The third kappa shape index (κ3) is 4.01. The van der Waals surface area contributed by atoms with E-state index >= 15 is 0 Å². The molecule has 0 aromatic rings. The van der Waals surface area contributed by atoms with Crippen LogP contribution in [0.4, 0.5) is 0 Å². The van der Waals surface area contributed by atoms with Crippen molar-refractivity contribution in [1.82, 2.24) is 0 Å². The Kier molecular flexibility index (Phi) is 4.28. The van der Waals surface area contributed by atoms with Gasteiger partial charge in [0, 0.05) is 6.21 Å². The van der Waals surface area contributed by atoms with E-state index in [9.17, 15) is 4.21 Å². The standard InChI is InChI=1S/C12H21NO3S/c1-7-9-10(16-12(5,6)15-9)8-13-17(14)11(2,3)4/h7-10H,1H2,2-6H3/b13-8+/t9-,10+,17+/m1/s1. The maximum Gasteiger partial charge on any atom is 0.164 e. The Labute approximate surface area is 106 Å².